The molecular formula is C13H9BN2O4. The first-order valence-electron chi connectivity index (χ1n) is 5.62. The van der Waals surface area contributed by atoms with Gasteiger partial charge in [0.25, 0.3) is 5.69 Å². The maximum absolute atomic E-state index is 11.2. The molecule has 0 saturated carbocycles. The first kappa shape index (κ1) is 13.6. The number of nitrogens with one attached hydrogen (secondary N) is 1. The van der Waals surface area contributed by atoms with Crippen LogP contribution >= 0.6 is 0 Å². The number of anilines is 2. The van der Waals surface area contributed by atoms with Crippen molar-refractivity contribution in [1.82, 2.24) is 0 Å². The summed E-state index contributed by atoms with van der Waals surface area (Å²) >= 11 is 0. The maximum atomic E-state index is 11.2. The van der Waals surface area contributed by atoms with E-state index in [1.807, 2.05) is 0 Å². The lowest BCUT2D eigenvalue weighted by molar-refractivity contribution is -0.383. The second kappa shape index (κ2) is 5.44. The van der Waals surface area contributed by atoms with E-state index in [0.29, 0.717) is 11.2 Å². The molecule has 2 rings (SSSR count). The van der Waals surface area contributed by atoms with Crippen LogP contribution in [-0.4, -0.2) is 23.8 Å². The summed E-state index contributed by atoms with van der Waals surface area (Å²) in [6.07, 6.45) is 0. The smallest absolute Gasteiger partial charge is 0.338 e. The summed E-state index contributed by atoms with van der Waals surface area (Å²) in [4.78, 5) is 21.5. The van der Waals surface area contributed by atoms with Gasteiger partial charge in [0, 0.05) is 11.8 Å². The van der Waals surface area contributed by atoms with Gasteiger partial charge in [0.15, 0.2) is 0 Å². The van der Waals surface area contributed by atoms with E-state index in [2.05, 4.69) is 5.32 Å². The van der Waals surface area contributed by atoms with Gasteiger partial charge in [0.2, 0.25) is 0 Å². The zero-order valence-corrected chi connectivity index (χ0v) is 10.2. The second-order valence-corrected chi connectivity index (χ2v) is 4.01. The molecule has 2 N–H and O–H groups in total. The molecule has 0 saturated heterocycles. The number of nitrogens with zero attached hydrogens (tertiary/aromatic N) is 1. The van der Waals surface area contributed by atoms with Crippen LogP contribution < -0.4 is 10.8 Å². The van der Waals surface area contributed by atoms with Gasteiger partial charge in [-0.1, -0.05) is 23.7 Å². The molecule has 98 valence electrons. The van der Waals surface area contributed by atoms with Crippen molar-refractivity contribution in [2.24, 2.45) is 0 Å². The molecule has 7 heteroatoms. The Morgan fingerprint density at radius 2 is 1.85 bits per heavy atom. The fourth-order valence-electron chi connectivity index (χ4n) is 1.71. The van der Waals surface area contributed by atoms with Gasteiger partial charge < -0.3 is 10.4 Å². The highest BCUT2D eigenvalue weighted by atomic mass is 16.6. The molecule has 0 bridgehead atoms. The SMILES string of the molecule is [B]c1ccc(Nc2c(C(=O)O)cccc2[N+](=O)[O-])cc1. The maximum Gasteiger partial charge on any atom is 0.338 e. The van der Waals surface area contributed by atoms with E-state index in [1.54, 1.807) is 24.3 Å². The molecule has 0 aliphatic rings. The van der Waals surface area contributed by atoms with Gasteiger partial charge in [-0.2, -0.15) is 0 Å². The van der Waals surface area contributed by atoms with Crippen LogP contribution in [0.4, 0.5) is 17.1 Å². The van der Waals surface area contributed by atoms with Crippen LogP contribution in [0.25, 0.3) is 0 Å². The molecule has 0 fully saturated rings. The fourth-order valence-corrected chi connectivity index (χ4v) is 1.71. The van der Waals surface area contributed by atoms with Gasteiger partial charge in [-0.25, -0.2) is 4.79 Å². The minimum atomic E-state index is -1.24. The number of para-hydroxylation sites is 1. The number of aromatic carboxylic acids is 1. The topological polar surface area (TPSA) is 92.5 Å². The number of hydrogen-bond donors (Lipinski definition) is 2. The lowest BCUT2D eigenvalue weighted by Gasteiger charge is -2.10. The summed E-state index contributed by atoms with van der Waals surface area (Å²) in [5, 5.41) is 22.9. The quantitative estimate of drug-likeness (QED) is 0.501. The van der Waals surface area contributed by atoms with Crippen molar-refractivity contribution in [2.45, 2.75) is 0 Å². The Bertz CT molecular complexity index is 638. The summed E-state index contributed by atoms with van der Waals surface area (Å²) < 4.78 is 0. The number of nitro benzene ring substituents is 1. The van der Waals surface area contributed by atoms with E-state index in [4.69, 9.17) is 13.0 Å². The molecule has 0 atom stereocenters. The third-order valence-corrected chi connectivity index (χ3v) is 2.65. The van der Waals surface area contributed by atoms with Crippen LogP contribution in [0, 0.1) is 10.1 Å². The van der Waals surface area contributed by atoms with Crippen molar-refractivity contribution in [2.75, 3.05) is 5.32 Å². The van der Waals surface area contributed by atoms with Crippen LogP contribution in [0.3, 0.4) is 0 Å². The number of carboxylic acids is 1. The van der Waals surface area contributed by atoms with Gasteiger partial charge in [0.1, 0.15) is 13.5 Å². The number of carboxylic acid groups (broad SMARTS) is 1. The predicted molar refractivity (Wildman–Crippen MR) is 75.2 cm³/mol. The monoisotopic (exact) mass is 268 g/mol. The van der Waals surface area contributed by atoms with Crippen LogP contribution in [0.5, 0.6) is 0 Å². The van der Waals surface area contributed by atoms with Crippen molar-refractivity contribution >= 4 is 36.3 Å². The highest BCUT2D eigenvalue weighted by Crippen LogP contribution is 2.31. The zero-order valence-electron chi connectivity index (χ0n) is 10.2. The van der Waals surface area contributed by atoms with E-state index < -0.39 is 10.9 Å². The number of carbonyl (C=O) groups is 1. The minimum Gasteiger partial charge on any atom is -0.478 e. The number of nitro groups is 1. The molecule has 2 aromatic carbocycles. The predicted octanol–water partition coefficient (Wildman–Crippen LogP) is 1.83. The first-order valence-corrected chi connectivity index (χ1v) is 5.62. The molecule has 0 heterocycles. The Morgan fingerprint density at radius 3 is 2.40 bits per heavy atom. The third-order valence-electron chi connectivity index (χ3n) is 2.65. The normalized spacial score (nSPS) is 10.0. The lowest BCUT2D eigenvalue weighted by Crippen LogP contribution is -2.07. The summed E-state index contributed by atoms with van der Waals surface area (Å²) in [6, 6.07) is 10.3. The van der Waals surface area contributed by atoms with Crippen molar-refractivity contribution in [3.05, 3.63) is 58.1 Å². The molecule has 0 aliphatic carbocycles. The van der Waals surface area contributed by atoms with Crippen molar-refractivity contribution in [3.63, 3.8) is 0 Å². The standard InChI is InChI=1S/C13H9BN2O4/c14-8-4-6-9(7-5-8)15-12-10(13(17)18)2-1-3-11(12)16(19)20/h1-7,15H,(H,17,18). The van der Waals surface area contributed by atoms with Gasteiger partial charge in [-0.15, -0.1) is 0 Å². The van der Waals surface area contributed by atoms with Crippen molar-refractivity contribution < 1.29 is 14.8 Å². The Morgan fingerprint density at radius 1 is 1.20 bits per heavy atom. The van der Waals surface area contributed by atoms with Crippen LogP contribution in [0.1, 0.15) is 10.4 Å². The molecule has 0 aromatic heterocycles. The third kappa shape index (κ3) is 2.77. The lowest BCUT2D eigenvalue weighted by atomic mass is 9.96. The molecule has 20 heavy (non-hydrogen) atoms. The van der Waals surface area contributed by atoms with E-state index in [-0.39, 0.29) is 16.9 Å². The molecule has 0 spiro atoms. The molecular weight excluding hydrogens is 259 g/mol. The Hall–Kier alpha value is -2.83. The highest BCUT2D eigenvalue weighted by molar-refractivity contribution is 6.32. The summed E-state index contributed by atoms with van der Waals surface area (Å²) in [7, 11) is 5.55. The second-order valence-electron chi connectivity index (χ2n) is 4.01. The fraction of sp³-hybridized carbons (Fsp3) is 0. The molecule has 0 aliphatic heterocycles. The van der Waals surface area contributed by atoms with Crippen LogP contribution in [0.15, 0.2) is 42.5 Å². The summed E-state index contributed by atoms with van der Waals surface area (Å²) in [5.74, 6) is -1.24. The molecule has 2 aromatic rings. The van der Waals surface area contributed by atoms with Crippen LogP contribution in [-0.2, 0) is 0 Å². The molecule has 6 nitrogen and oxygen atoms in total. The Labute approximate surface area is 115 Å². The van der Waals surface area contributed by atoms with E-state index in [1.165, 1.54) is 18.2 Å². The molecule has 2 radical (unpaired) electrons. The summed E-state index contributed by atoms with van der Waals surface area (Å²) in [5.41, 5.74) is 0.514. The Balaban J connectivity index is 2.50. The zero-order chi connectivity index (χ0) is 14.7. The van der Waals surface area contributed by atoms with Crippen molar-refractivity contribution in [3.8, 4) is 0 Å². The van der Waals surface area contributed by atoms with Gasteiger partial charge in [0.05, 0.1) is 10.5 Å². The first-order chi connectivity index (χ1) is 9.49. The van der Waals surface area contributed by atoms with Gasteiger partial charge >= 0.3 is 5.97 Å². The minimum absolute atomic E-state index is 0.0604. The average molecular weight is 268 g/mol. The highest BCUT2D eigenvalue weighted by Gasteiger charge is 2.21. The van der Waals surface area contributed by atoms with Gasteiger partial charge in [-0.05, 0) is 18.2 Å². The van der Waals surface area contributed by atoms with E-state index in [9.17, 15) is 14.9 Å². The number of hydrogen-bond acceptors (Lipinski definition) is 4. The van der Waals surface area contributed by atoms with Crippen molar-refractivity contribution in [1.29, 1.82) is 0 Å². The Kier molecular flexibility index (Phi) is 3.70. The van der Waals surface area contributed by atoms with E-state index >= 15 is 0 Å². The molecule has 0 unspecified atom stereocenters. The number of rotatable bonds is 4. The van der Waals surface area contributed by atoms with Gasteiger partial charge in [-0.3, -0.25) is 10.1 Å². The largest absolute Gasteiger partial charge is 0.478 e. The van der Waals surface area contributed by atoms with Crippen LogP contribution in [0.2, 0.25) is 0 Å². The molecule has 0 amide bonds. The van der Waals surface area contributed by atoms with E-state index in [0.717, 1.165) is 0 Å². The number of benzene rings is 2. The summed E-state index contributed by atoms with van der Waals surface area (Å²) in [6.45, 7) is 0. The average Bonchev–Trinajstić information content (AvgIpc) is 2.41.